The van der Waals surface area contributed by atoms with Crippen LogP contribution < -0.4 is 0 Å². The number of rotatable bonds is 5. The van der Waals surface area contributed by atoms with Gasteiger partial charge in [0.15, 0.2) is 5.78 Å². The van der Waals surface area contributed by atoms with Crippen molar-refractivity contribution in [1.82, 2.24) is 0 Å². The number of halogens is 2. The van der Waals surface area contributed by atoms with E-state index in [0.29, 0.717) is 29.2 Å². The number of Topliss-reactive ketones (excluding diaryl/α,β-unsaturated/α-hetero) is 2. The zero-order valence-electron chi connectivity index (χ0n) is 15.3. The highest BCUT2D eigenvalue weighted by Crippen LogP contribution is 2.37. The molecule has 1 aliphatic carbocycles. The Labute approximate surface area is 174 Å². The molecule has 0 bridgehead atoms. The van der Waals surface area contributed by atoms with Gasteiger partial charge in [-0.1, -0.05) is 71.1 Å². The van der Waals surface area contributed by atoms with E-state index in [2.05, 4.69) is 15.9 Å². The van der Waals surface area contributed by atoms with Gasteiger partial charge in [0.05, 0.1) is 5.02 Å². The molecule has 1 fully saturated rings. The summed E-state index contributed by atoms with van der Waals surface area (Å²) >= 11 is 9.71. The molecule has 0 saturated heterocycles. The van der Waals surface area contributed by atoms with E-state index in [0.717, 1.165) is 42.1 Å². The predicted molar refractivity (Wildman–Crippen MR) is 113 cm³/mol. The molecule has 0 unspecified atom stereocenters. The number of hydrogen-bond donors (Lipinski definition) is 0. The molecule has 0 aliphatic heterocycles. The van der Waals surface area contributed by atoms with Crippen LogP contribution in [0.25, 0.3) is 0 Å². The molecule has 0 spiro atoms. The highest BCUT2D eigenvalue weighted by molar-refractivity contribution is 9.10. The molecule has 2 atom stereocenters. The quantitative estimate of drug-likeness (QED) is 0.462. The molecular formula is C23H24BrClO2. The molecule has 0 radical (unpaired) electrons. The first-order valence-electron chi connectivity index (χ1n) is 9.62. The molecule has 2 aromatic rings. The highest BCUT2D eigenvalue weighted by atomic mass is 79.9. The van der Waals surface area contributed by atoms with Gasteiger partial charge in [0.25, 0.3) is 0 Å². The molecule has 2 aromatic carbocycles. The highest BCUT2D eigenvalue weighted by Gasteiger charge is 2.31. The van der Waals surface area contributed by atoms with E-state index in [-0.39, 0.29) is 17.6 Å². The predicted octanol–water partition coefficient (Wildman–Crippen LogP) is 7.00. The summed E-state index contributed by atoms with van der Waals surface area (Å²) in [6, 6.07) is 15.2. The summed E-state index contributed by atoms with van der Waals surface area (Å²) in [5.74, 6) is 0.100. The summed E-state index contributed by atoms with van der Waals surface area (Å²) in [5, 5.41) is 0.473. The van der Waals surface area contributed by atoms with Crippen molar-refractivity contribution in [3.63, 3.8) is 0 Å². The Balaban J connectivity index is 1.91. The van der Waals surface area contributed by atoms with Crippen molar-refractivity contribution in [2.75, 3.05) is 0 Å². The molecule has 1 aliphatic rings. The maximum absolute atomic E-state index is 13.0. The Kier molecular flexibility index (Phi) is 7.26. The Morgan fingerprint density at radius 3 is 2.48 bits per heavy atom. The Hall–Kier alpha value is -1.45. The van der Waals surface area contributed by atoms with Crippen LogP contribution >= 0.6 is 27.5 Å². The molecule has 142 valence electrons. The number of carbonyl (C=O) groups excluding carboxylic acids is 2. The minimum Gasteiger partial charge on any atom is -0.299 e. The van der Waals surface area contributed by atoms with Crippen molar-refractivity contribution in [2.24, 2.45) is 5.92 Å². The summed E-state index contributed by atoms with van der Waals surface area (Å²) in [7, 11) is 0. The monoisotopic (exact) mass is 446 g/mol. The Morgan fingerprint density at radius 2 is 1.74 bits per heavy atom. The summed E-state index contributed by atoms with van der Waals surface area (Å²) in [6.45, 7) is 0. The van der Waals surface area contributed by atoms with Crippen LogP contribution in [0.2, 0.25) is 5.02 Å². The van der Waals surface area contributed by atoms with Gasteiger partial charge < -0.3 is 0 Å². The third kappa shape index (κ3) is 5.30. The van der Waals surface area contributed by atoms with E-state index in [9.17, 15) is 9.59 Å². The molecule has 1 saturated carbocycles. The van der Waals surface area contributed by atoms with Crippen LogP contribution in [-0.2, 0) is 4.79 Å². The molecule has 2 nitrogen and oxygen atoms in total. The minimum atomic E-state index is -0.104. The van der Waals surface area contributed by atoms with Crippen LogP contribution in [0, 0.1) is 5.92 Å². The van der Waals surface area contributed by atoms with Crippen molar-refractivity contribution in [3.05, 3.63) is 69.2 Å². The van der Waals surface area contributed by atoms with Gasteiger partial charge >= 0.3 is 0 Å². The normalized spacial score (nSPS) is 19.2. The first kappa shape index (κ1) is 20.3. The van der Waals surface area contributed by atoms with Crippen molar-refractivity contribution in [3.8, 4) is 0 Å². The lowest BCUT2D eigenvalue weighted by molar-refractivity contribution is -0.124. The van der Waals surface area contributed by atoms with E-state index < -0.39 is 0 Å². The first-order chi connectivity index (χ1) is 13.1. The van der Waals surface area contributed by atoms with Gasteiger partial charge in [0.2, 0.25) is 0 Å². The zero-order valence-corrected chi connectivity index (χ0v) is 17.6. The molecule has 0 amide bonds. The van der Waals surface area contributed by atoms with E-state index in [1.54, 1.807) is 12.1 Å². The van der Waals surface area contributed by atoms with E-state index in [4.69, 9.17) is 11.6 Å². The Morgan fingerprint density at radius 1 is 1.04 bits per heavy atom. The van der Waals surface area contributed by atoms with Crippen LogP contribution in [0.4, 0.5) is 0 Å². The summed E-state index contributed by atoms with van der Waals surface area (Å²) < 4.78 is 0.992. The molecular weight excluding hydrogens is 424 g/mol. The van der Waals surface area contributed by atoms with Gasteiger partial charge in [-0.25, -0.2) is 0 Å². The van der Waals surface area contributed by atoms with Gasteiger partial charge in [-0.2, -0.15) is 0 Å². The maximum atomic E-state index is 13.0. The van der Waals surface area contributed by atoms with Crippen LogP contribution in [0.5, 0.6) is 0 Å². The Bertz CT molecular complexity index is 800. The number of hydrogen-bond acceptors (Lipinski definition) is 2. The van der Waals surface area contributed by atoms with Crippen LogP contribution in [0.1, 0.15) is 66.8 Å². The SMILES string of the molecule is O=C(C[C@@H](c1ccc(Br)cc1)[C@H]1CCCCCCC1=O)c1ccccc1Cl. The van der Waals surface area contributed by atoms with Crippen molar-refractivity contribution >= 4 is 39.1 Å². The number of ketones is 2. The fourth-order valence-electron chi connectivity index (χ4n) is 3.99. The second-order valence-corrected chi connectivity index (χ2v) is 8.61. The molecule has 4 heteroatoms. The average molecular weight is 448 g/mol. The first-order valence-corrected chi connectivity index (χ1v) is 10.8. The molecule has 27 heavy (non-hydrogen) atoms. The van der Waals surface area contributed by atoms with Gasteiger partial charge in [-0.05, 0) is 42.7 Å². The third-order valence-electron chi connectivity index (χ3n) is 5.47. The second kappa shape index (κ2) is 9.66. The van der Waals surface area contributed by atoms with Crippen molar-refractivity contribution in [2.45, 2.75) is 50.9 Å². The standard InChI is InChI=1S/C23H24BrClO2/c24-17-13-11-16(12-14-17)20(18-7-3-1-2-4-10-22(18)26)15-23(27)19-8-5-6-9-21(19)25/h5-6,8-9,11-14,18,20H,1-4,7,10,15H2/t18-,20+/m1/s1. The molecule has 0 N–H and O–H groups in total. The van der Waals surface area contributed by atoms with Crippen LogP contribution in [0.3, 0.4) is 0 Å². The van der Waals surface area contributed by atoms with Gasteiger partial charge in [-0.3, -0.25) is 9.59 Å². The summed E-state index contributed by atoms with van der Waals surface area (Å²) in [4.78, 5) is 25.9. The molecule has 0 heterocycles. The number of carbonyl (C=O) groups is 2. The number of benzene rings is 2. The zero-order chi connectivity index (χ0) is 19.2. The van der Waals surface area contributed by atoms with Crippen LogP contribution in [0.15, 0.2) is 53.0 Å². The third-order valence-corrected chi connectivity index (χ3v) is 6.32. The topological polar surface area (TPSA) is 34.1 Å². The van der Waals surface area contributed by atoms with Crippen molar-refractivity contribution < 1.29 is 9.59 Å². The smallest absolute Gasteiger partial charge is 0.165 e. The molecule has 3 rings (SSSR count). The lowest BCUT2D eigenvalue weighted by Gasteiger charge is -2.28. The average Bonchev–Trinajstić information content (AvgIpc) is 2.65. The van der Waals surface area contributed by atoms with Crippen molar-refractivity contribution in [1.29, 1.82) is 0 Å². The van der Waals surface area contributed by atoms with E-state index in [1.807, 2.05) is 36.4 Å². The largest absolute Gasteiger partial charge is 0.299 e. The summed E-state index contributed by atoms with van der Waals surface area (Å²) in [5.41, 5.74) is 1.59. The second-order valence-electron chi connectivity index (χ2n) is 7.29. The molecule has 0 aromatic heterocycles. The van der Waals surface area contributed by atoms with Gasteiger partial charge in [0, 0.05) is 34.7 Å². The minimum absolute atomic E-state index is 0.00313. The summed E-state index contributed by atoms with van der Waals surface area (Å²) in [6.07, 6.45) is 6.08. The van der Waals surface area contributed by atoms with Crippen LogP contribution in [-0.4, -0.2) is 11.6 Å². The maximum Gasteiger partial charge on any atom is 0.165 e. The fraction of sp³-hybridized carbons (Fsp3) is 0.391. The van der Waals surface area contributed by atoms with Gasteiger partial charge in [0.1, 0.15) is 5.78 Å². The lowest BCUT2D eigenvalue weighted by atomic mass is 9.75. The fourth-order valence-corrected chi connectivity index (χ4v) is 4.49. The van der Waals surface area contributed by atoms with E-state index in [1.165, 1.54) is 0 Å². The van der Waals surface area contributed by atoms with E-state index >= 15 is 0 Å². The van der Waals surface area contributed by atoms with Gasteiger partial charge in [-0.15, -0.1) is 0 Å². The lowest BCUT2D eigenvalue weighted by Crippen LogP contribution is -2.26.